The monoisotopic (exact) mass is 520 g/mol. The van der Waals surface area contributed by atoms with E-state index in [2.05, 4.69) is 0 Å². The number of aliphatic hydroxyl groups excluding tert-OH is 2. The smallest absolute Gasteiger partial charge is 0.306 e. The lowest BCUT2D eigenvalue weighted by atomic mass is 9.44. The number of Topliss-reactive ketones (excluding diaryl/α,β-unsaturated/α-hetero) is 1. The fraction of sp³-hybridized carbons (Fsp3) is 0.714. The molecule has 3 saturated carbocycles. The maximum atomic E-state index is 17.4. The number of fused-ring (bicyclic) bond motifs is 5. The van der Waals surface area contributed by atoms with E-state index in [-0.39, 0.29) is 37.0 Å². The van der Waals surface area contributed by atoms with Gasteiger partial charge in [0.25, 0.3) is 0 Å². The molecule has 4 aliphatic rings. The normalized spacial score (nSPS) is 44.3. The van der Waals surface area contributed by atoms with Gasteiger partial charge in [-0.05, 0) is 49.8 Å². The predicted octanol–water partition coefficient (Wildman–Crippen LogP) is 2.79. The van der Waals surface area contributed by atoms with Crippen molar-refractivity contribution in [3.05, 3.63) is 23.8 Å². The Morgan fingerprint density at radius 2 is 1.73 bits per heavy atom. The largest absolute Gasteiger partial charge is 0.457 e. The van der Waals surface area contributed by atoms with Gasteiger partial charge < -0.3 is 19.7 Å². The molecule has 0 radical (unpaired) electrons. The maximum absolute atomic E-state index is 17.4. The number of allylic oxidation sites excluding steroid dienone is 3. The average Bonchev–Trinajstić information content (AvgIpc) is 3.07. The fourth-order valence-corrected chi connectivity index (χ4v) is 8.04. The number of esters is 2. The average molecular weight is 521 g/mol. The van der Waals surface area contributed by atoms with E-state index >= 15 is 4.39 Å². The quantitative estimate of drug-likeness (QED) is 0.512. The number of ether oxygens (including phenoxy) is 2. The van der Waals surface area contributed by atoms with Crippen molar-refractivity contribution in [3.63, 3.8) is 0 Å². The van der Waals surface area contributed by atoms with Crippen molar-refractivity contribution in [3.8, 4) is 0 Å². The first-order valence-corrected chi connectivity index (χ1v) is 13.1. The Kier molecular flexibility index (Phi) is 6.81. The van der Waals surface area contributed by atoms with E-state index in [1.54, 1.807) is 34.6 Å². The Labute approximate surface area is 216 Å². The molecular formula is C28H37FO8. The molecule has 3 fully saturated rings. The summed E-state index contributed by atoms with van der Waals surface area (Å²) in [5.74, 6) is -4.16. The van der Waals surface area contributed by atoms with Crippen molar-refractivity contribution in [2.75, 3.05) is 6.61 Å². The first kappa shape index (κ1) is 27.6. The summed E-state index contributed by atoms with van der Waals surface area (Å²) >= 11 is 0. The molecule has 0 saturated heterocycles. The number of hydrogen-bond acceptors (Lipinski definition) is 8. The van der Waals surface area contributed by atoms with Crippen molar-refractivity contribution in [1.29, 1.82) is 0 Å². The van der Waals surface area contributed by atoms with Crippen LogP contribution in [0.3, 0.4) is 0 Å². The molecule has 0 spiro atoms. The van der Waals surface area contributed by atoms with Crippen molar-refractivity contribution in [2.24, 2.45) is 28.6 Å². The summed E-state index contributed by atoms with van der Waals surface area (Å²) in [7, 11) is 0. The summed E-state index contributed by atoms with van der Waals surface area (Å²) in [6.45, 7) is 7.66. The predicted molar refractivity (Wildman–Crippen MR) is 130 cm³/mol. The van der Waals surface area contributed by atoms with Gasteiger partial charge in [0.1, 0.15) is 0 Å². The highest BCUT2D eigenvalue weighted by Crippen LogP contribution is 2.71. The number of carbonyl (C=O) groups is 4. The molecule has 0 aromatic rings. The highest BCUT2D eigenvalue weighted by Gasteiger charge is 2.78. The summed E-state index contributed by atoms with van der Waals surface area (Å²) in [5, 5.41) is 22.6. The van der Waals surface area contributed by atoms with Gasteiger partial charge in [-0.2, -0.15) is 0 Å². The Morgan fingerprint density at radius 1 is 1.08 bits per heavy atom. The molecule has 0 bridgehead atoms. The van der Waals surface area contributed by atoms with Gasteiger partial charge in [-0.1, -0.05) is 33.8 Å². The van der Waals surface area contributed by atoms with E-state index in [9.17, 15) is 29.4 Å². The van der Waals surface area contributed by atoms with Crippen LogP contribution in [-0.2, 0) is 28.7 Å². The van der Waals surface area contributed by atoms with Gasteiger partial charge in [0.05, 0.1) is 12.2 Å². The van der Waals surface area contributed by atoms with Crippen LogP contribution in [0.15, 0.2) is 23.8 Å². The van der Waals surface area contributed by atoms with Crippen LogP contribution >= 0.6 is 0 Å². The molecule has 0 aromatic heterocycles. The van der Waals surface area contributed by atoms with Crippen LogP contribution < -0.4 is 0 Å². The van der Waals surface area contributed by atoms with Crippen LogP contribution in [0.25, 0.3) is 0 Å². The lowest BCUT2D eigenvalue weighted by Gasteiger charge is -2.63. The molecule has 0 aromatic carbocycles. The van der Waals surface area contributed by atoms with Gasteiger partial charge >= 0.3 is 11.9 Å². The Morgan fingerprint density at radius 3 is 2.35 bits per heavy atom. The molecule has 37 heavy (non-hydrogen) atoms. The maximum Gasteiger partial charge on any atom is 0.306 e. The highest BCUT2D eigenvalue weighted by molar-refractivity contribution is 6.01. The third-order valence-corrected chi connectivity index (χ3v) is 9.84. The molecule has 1 unspecified atom stereocenters. The van der Waals surface area contributed by atoms with Crippen molar-refractivity contribution < 1.29 is 43.3 Å². The molecule has 2 N–H and O–H groups in total. The summed E-state index contributed by atoms with van der Waals surface area (Å²) in [5.41, 5.74) is -6.38. The lowest BCUT2D eigenvalue weighted by molar-refractivity contribution is -0.234. The van der Waals surface area contributed by atoms with Gasteiger partial charge in [0.2, 0.25) is 5.78 Å². The minimum Gasteiger partial charge on any atom is -0.457 e. The van der Waals surface area contributed by atoms with E-state index in [1.165, 1.54) is 18.2 Å². The van der Waals surface area contributed by atoms with Gasteiger partial charge in [-0.25, -0.2) is 4.39 Å². The fourth-order valence-electron chi connectivity index (χ4n) is 8.04. The van der Waals surface area contributed by atoms with Gasteiger partial charge in [-0.3, -0.25) is 19.2 Å². The minimum absolute atomic E-state index is 0.0000380. The third kappa shape index (κ3) is 3.60. The molecule has 204 valence electrons. The van der Waals surface area contributed by atoms with Gasteiger partial charge in [0, 0.05) is 35.5 Å². The van der Waals surface area contributed by atoms with E-state index in [0.29, 0.717) is 6.42 Å². The summed E-state index contributed by atoms with van der Waals surface area (Å²) < 4.78 is 28.5. The first-order valence-electron chi connectivity index (χ1n) is 13.1. The van der Waals surface area contributed by atoms with Crippen molar-refractivity contribution in [1.82, 2.24) is 0 Å². The van der Waals surface area contributed by atoms with Crippen LogP contribution in [-0.4, -0.2) is 63.8 Å². The van der Waals surface area contributed by atoms with Crippen LogP contribution in [0.5, 0.6) is 0 Å². The summed E-state index contributed by atoms with van der Waals surface area (Å²) in [6.07, 6.45) is 1.35. The van der Waals surface area contributed by atoms with Crippen molar-refractivity contribution in [2.45, 2.75) is 90.2 Å². The Balaban J connectivity index is 1.83. The lowest BCUT2D eigenvalue weighted by Crippen LogP contribution is -2.71. The number of carbonyl (C=O) groups excluding carboxylic acids is 4. The van der Waals surface area contributed by atoms with Crippen LogP contribution in [0.2, 0.25) is 0 Å². The molecule has 0 heterocycles. The zero-order valence-electron chi connectivity index (χ0n) is 22.1. The molecule has 8 nitrogen and oxygen atoms in total. The zero-order chi connectivity index (χ0) is 27.6. The molecule has 0 aliphatic heterocycles. The second kappa shape index (κ2) is 9.12. The third-order valence-electron chi connectivity index (χ3n) is 9.84. The standard InChI is InChI=1S/C28H37FO8/c1-6-23(34)36-14-22(33)28(37-24(35)7-2)15(3)10-17-18-12-20(31)19-11-16(30)8-9-25(19,4)27(18,29)21(32)13-26(17,28)5/h8-9,11,15,17-18,20-21,31-32H,6-7,10,12-14H2,1-5H3/t15-,17-,18-,20?,21-,25-,26-,27-,28+/m0/s1. The van der Waals surface area contributed by atoms with Gasteiger partial charge in [-0.15, -0.1) is 0 Å². The second-order valence-corrected chi connectivity index (χ2v) is 11.5. The molecule has 9 heteroatoms. The van der Waals surface area contributed by atoms with Crippen LogP contribution in [0.1, 0.15) is 66.7 Å². The number of rotatable bonds is 6. The number of halogens is 1. The van der Waals surface area contributed by atoms with Crippen molar-refractivity contribution >= 4 is 23.5 Å². The number of hydrogen-bond donors (Lipinski definition) is 2. The minimum atomic E-state index is -2.23. The topological polar surface area (TPSA) is 127 Å². The molecule has 4 rings (SSSR count). The number of aliphatic hydroxyl groups is 2. The van der Waals surface area contributed by atoms with E-state index < -0.39 is 76.4 Å². The van der Waals surface area contributed by atoms with E-state index in [1.807, 2.05) is 0 Å². The first-order chi connectivity index (χ1) is 17.2. The molecule has 0 amide bonds. The second-order valence-electron chi connectivity index (χ2n) is 11.5. The Bertz CT molecular complexity index is 1080. The van der Waals surface area contributed by atoms with Crippen LogP contribution in [0, 0.1) is 28.6 Å². The van der Waals surface area contributed by atoms with Gasteiger partial charge in [0.15, 0.2) is 23.7 Å². The number of ketones is 2. The SMILES string of the molecule is CCC(=O)OCC(=O)[C@]1(OC(=O)CC)[C@@H](C)C[C@H]2[C@@H]3CC(O)C4=CC(=O)C=C[C@]4(C)[C@@]3(F)[C@@H](O)C[C@@]21C. The number of alkyl halides is 1. The molecule has 9 atom stereocenters. The van der Waals surface area contributed by atoms with E-state index in [0.717, 1.165) is 0 Å². The summed E-state index contributed by atoms with van der Waals surface area (Å²) in [6, 6.07) is 0. The summed E-state index contributed by atoms with van der Waals surface area (Å²) in [4.78, 5) is 50.4. The highest BCUT2D eigenvalue weighted by atomic mass is 19.1. The van der Waals surface area contributed by atoms with E-state index in [4.69, 9.17) is 9.47 Å². The molecule has 4 aliphatic carbocycles. The zero-order valence-corrected chi connectivity index (χ0v) is 22.1. The van der Waals surface area contributed by atoms with Crippen LogP contribution in [0.4, 0.5) is 4.39 Å². The molecular weight excluding hydrogens is 483 g/mol. The Hall–Kier alpha value is -2.39.